The fourth-order valence-corrected chi connectivity index (χ4v) is 1.81. The lowest BCUT2D eigenvalue weighted by Crippen LogP contribution is -2.29. The average Bonchev–Trinajstić information content (AvgIpc) is 2.19. The molecular formula is C11H24Cl2N2. The zero-order chi connectivity index (χ0) is 9.36. The molecule has 0 atom stereocenters. The molecule has 0 aliphatic carbocycles. The SMILES string of the molecule is C=CCCNCCC1CCNCC1.Cl.Cl. The molecule has 2 nitrogen and oxygen atoms in total. The van der Waals surface area contributed by atoms with E-state index in [9.17, 15) is 0 Å². The van der Waals surface area contributed by atoms with Crippen molar-refractivity contribution >= 4 is 24.8 Å². The topological polar surface area (TPSA) is 24.1 Å². The quantitative estimate of drug-likeness (QED) is 0.562. The largest absolute Gasteiger partial charge is 0.317 e. The van der Waals surface area contributed by atoms with Crippen molar-refractivity contribution < 1.29 is 0 Å². The third-order valence-electron chi connectivity index (χ3n) is 2.71. The third kappa shape index (κ3) is 9.19. The molecule has 0 aromatic carbocycles. The highest BCUT2D eigenvalue weighted by atomic mass is 35.5. The zero-order valence-electron chi connectivity index (χ0n) is 9.34. The van der Waals surface area contributed by atoms with E-state index in [-0.39, 0.29) is 24.8 Å². The zero-order valence-corrected chi connectivity index (χ0v) is 11.0. The molecule has 0 spiro atoms. The lowest BCUT2D eigenvalue weighted by atomic mass is 9.95. The van der Waals surface area contributed by atoms with E-state index >= 15 is 0 Å². The average molecular weight is 255 g/mol. The van der Waals surface area contributed by atoms with Crippen LogP contribution in [0.15, 0.2) is 12.7 Å². The first-order chi connectivity index (χ1) is 6.43. The van der Waals surface area contributed by atoms with Gasteiger partial charge in [-0.1, -0.05) is 6.08 Å². The van der Waals surface area contributed by atoms with Gasteiger partial charge in [-0.05, 0) is 57.8 Å². The Morgan fingerprint density at radius 1 is 1.20 bits per heavy atom. The minimum atomic E-state index is 0. The molecule has 0 bridgehead atoms. The third-order valence-corrected chi connectivity index (χ3v) is 2.71. The van der Waals surface area contributed by atoms with Crippen molar-refractivity contribution in [3.63, 3.8) is 0 Å². The standard InChI is InChI=1S/C11H22N2.2ClH/c1-2-3-7-12-8-4-11-5-9-13-10-6-11;;/h2,11-13H,1,3-10H2;2*1H. The molecule has 1 rings (SSSR count). The number of hydrogen-bond acceptors (Lipinski definition) is 2. The summed E-state index contributed by atoms with van der Waals surface area (Å²) < 4.78 is 0. The van der Waals surface area contributed by atoms with Crippen LogP contribution in [0.2, 0.25) is 0 Å². The monoisotopic (exact) mass is 254 g/mol. The van der Waals surface area contributed by atoms with Gasteiger partial charge in [-0.3, -0.25) is 0 Å². The van der Waals surface area contributed by atoms with Crippen molar-refractivity contribution in [2.75, 3.05) is 26.2 Å². The van der Waals surface area contributed by atoms with Crippen LogP contribution in [-0.2, 0) is 0 Å². The molecule has 0 aromatic heterocycles. The predicted molar refractivity (Wildman–Crippen MR) is 72.4 cm³/mol. The van der Waals surface area contributed by atoms with Crippen LogP contribution in [0.1, 0.15) is 25.7 Å². The Hall–Kier alpha value is 0.240. The number of hydrogen-bond donors (Lipinski definition) is 2. The highest BCUT2D eigenvalue weighted by molar-refractivity contribution is 5.85. The lowest BCUT2D eigenvalue weighted by Gasteiger charge is -2.22. The van der Waals surface area contributed by atoms with Gasteiger partial charge in [-0.25, -0.2) is 0 Å². The molecule has 0 aromatic rings. The fraction of sp³-hybridized carbons (Fsp3) is 0.818. The Labute approximate surface area is 106 Å². The van der Waals surface area contributed by atoms with Crippen molar-refractivity contribution in [1.29, 1.82) is 0 Å². The number of piperidine rings is 1. The van der Waals surface area contributed by atoms with Gasteiger partial charge in [0.05, 0.1) is 0 Å². The minimum Gasteiger partial charge on any atom is -0.317 e. The maximum Gasteiger partial charge on any atom is -0.00144 e. The number of halogens is 2. The second-order valence-corrected chi connectivity index (χ2v) is 3.81. The van der Waals surface area contributed by atoms with Crippen LogP contribution in [0.5, 0.6) is 0 Å². The molecule has 1 aliphatic rings. The summed E-state index contributed by atoms with van der Waals surface area (Å²) in [5.41, 5.74) is 0. The molecule has 0 unspecified atom stereocenters. The second-order valence-electron chi connectivity index (χ2n) is 3.81. The fourth-order valence-electron chi connectivity index (χ4n) is 1.81. The molecule has 0 radical (unpaired) electrons. The van der Waals surface area contributed by atoms with Gasteiger partial charge in [0.1, 0.15) is 0 Å². The van der Waals surface area contributed by atoms with Gasteiger partial charge in [0.15, 0.2) is 0 Å². The highest BCUT2D eigenvalue weighted by Gasteiger charge is 2.11. The molecule has 92 valence electrons. The van der Waals surface area contributed by atoms with Crippen LogP contribution in [0.25, 0.3) is 0 Å². The smallest absolute Gasteiger partial charge is 0.00144 e. The van der Waals surface area contributed by atoms with Crippen molar-refractivity contribution in [3.8, 4) is 0 Å². The summed E-state index contributed by atoms with van der Waals surface area (Å²) in [7, 11) is 0. The van der Waals surface area contributed by atoms with Crippen molar-refractivity contribution in [2.24, 2.45) is 5.92 Å². The van der Waals surface area contributed by atoms with Crippen LogP contribution in [-0.4, -0.2) is 26.2 Å². The van der Waals surface area contributed by atoms with Gasteiger partial charge in [-0.2, -0.15) is 0 Å². The Bertz CT molecular complexity index is 137. The normalized spacial score (nSPS) is 16.3. The predicted octanol–water partition coefficient (Wildman–Crippen LogP) is 2.39. The molecule has 1 fully saturated rings. The van der Waals surface area contributed by atoms with E-state index in [1.807, 2.05) is 6.08 Å². The van der Waals surface area contributed by atoms with Gasteiger partial charge in [0.25, 0.3) is 0 Å². The maximum absolute atomic E-state index is 3.70. The Balaban J connectivity index is 0. The first-order valence-electron chi connectivity index (χ1n) is 5.46. The van der Waals surface area contributed by atoms with E-state index in [1.165, 1.54) is 38.9 Å². The van der Waals surface area contributed by atoms with Crippen LogP contribution in [0.4, 0.5) is 0 Å². The molecular weight excluding hydrogens is 231 g/mol. The lowest BCUT2D eigenvalue weighted by molar-refractivity contribution is 0.349. The first-order valence-corrected chi connectivity index (χ1v) is 5.46. The van der Waals surface area contributed by atoms with Crippen LogP contribution >= 0.6 is 24.8 Å². The van der Waals surface area contributed by atoms with Crippen LogP contribution < -0.4 is 10.6 Å². The first kappa shape index (κ1) is 17.6. The highest BCUT2D eigenvalue weighted by Crippen LogP contribution is 2.14. The number of nitrogens with one attached hydrogen (secondary N) is 2. The molecule has 0 amide bonds. The van der Waals surface area contributed by atoms with Gasteiger partial charge >= 0.3 is 0 Å². The van der Waals surface area contributed by atoms with Crippen LogP contribution in [0.3, 0.4) is 0 Å². The summed E-state index contributed by atoms with van der Waals surface area (Å²) in [6.07, 6.45) is 7.13. The van der Waals surface area contributed by atoms with Gasteiger partial charge in [0.2, 0.25) is 0 Å². The molecule has 1 heterocycles. The summed E-state index contributed by atoms with van der Waals surface area (Å²) in [5.74, 6) is 0.956. The molecule has 0 saturated carbocycles. The van der Waals surface area contributed by atoms with Crippen molar-refractivity contribution in [1.82, 2.24) is 10.6 Å². The molecule has 1 aliphatic heterocycles. The van der Waals surface area contributed by atoms with E-state index in [2.05, 4.69) is 17.2 Å². The Morgan fingerprint density at radius 2 is 1.87 bits per heavy atom. The van der Waals surface area contributed by atoms with E-state index in [1.54, 1.807) is 0 Å². The molecule has 1 saturated heterocycles. The maximum atomic E-state index is 3.70. The van der Waals surface area contributed by atoms with Gasteiger partial charge in [0, 0.05) is 0 Å². The van der Waals surface area contributed by atoms with Crippen molar-refractivity contribution in [2.45, 2.75) is 25.7 Å². The van der Waals surface area contributed by atoms with Gasteiger partial charge < -0.3 is 10.6 Å². The van der Waals surface area contributed by atoms with E-state index < -0.39 is 0 Å². The van der Waals surface area contributed by atoms with E-state index in [4.69, 9.17) is 0 Å². The van der Waals surface area contributed by atoms with E-state index in [0.29, 0.717) is 0 Å². The summed E-state index contributed by atoms with van der Waals surface area (Å²) in [6, 6.07) is 0. The summed E-state index contributed by atoms with van der Waals surface area (Å²) in [6.45, 7) is 8.41. The second kappa shape index (κ2) is 12.3. The summed E-state index contributed by atoms with van der Waals surface area (Å²) in [5, 5.41) is 6.83. The Kier molecular flexibility index (Phi) is 14.5. The van der Waals surface area contributed by atoms with Gasteiger partial charge in [-0.15, -0.1) is 31.4 Å². The van der Waals surface area contributed by atoms with E-state index in [0.717, 1.165) is 18.9 Å². The molecule has 2 N–H and O–H groups in total. The Morgan fingerprint density at radius 3 is 2.47 bits per heavy atom. The molecule has 4 heteroatoms. The summed E-state index contributed by atoms with van der Waals surface area (Å²) >= 11 is 0. The summed E-state index contributed by atoms with van der Waals surface area (Å²) in [4.78, 5) is 0. The number of rotatable bonds is 6. The van der Waals surface area contributed by atoms with Crippen LogP contribution in [0, 0.1) is 5.92 Å². The molecule has 15 heavy (non-hydrogen) atoms. The van der Waals surface area contributed by atoms with Crippen molar-refractivity contribution in [3.05, 3.63) is 12.7 Å². The minimum absolute atomic E-state index is 0.